The quantitative estimate of drug-likeness (QED) is 0.819. The Bertz CT molecular complexity index is 688. The van der Waals surface area contributed by atoms with E-state index in [1.54, 1.807) is 6.92 Å². The Balaban J connectivity index is 2.00. The highest BCUT2D eigenvalue weighted by molar-refractivity contribution is 5.96. The van der Waals surface area contributed by atoms with Crippen molar-refractivity contribution in [1.82, 2.24) is 5.32 Å². The molecule has 0 aliphatic heterocycles. The van der Waals surface area contributed by atoms with Crippen molar-refractivity contribution in [2.75, 3.05) is 6.61 Å². The molecule has 0 saturated carbocycles. The van der Waals surface area contributed by atoms with E-state index >= 15 is 0 Å². The van der Waals surface area contributed by atoms with Crippen molar-refractivity contribution in [2.24, 2.45) is 0 Å². The van der Waals surface area contributed by atoms with Gasteiger partial charge in [-0.25, -0.2) is 4.79 Å². The van der Waals surface area contributed by atoms with Gasteiger partial charge in [0.05, 0.1) is 6.61 Å². The van der Waals surface area contributed by atoms with E-state index < -0.39 is 11.9 Å². The van der Waals surface area contributed by atoms with Crippen molar-refractivity contribution in [3.05, 3.63) is 53.0 Å². The molecule has 0 aliphatic rings. The number of carbonyl (C=O) groups excluding carboxylic acids is 1. The van der Waals surface area contributed by atoms with Crippen molar-refractivity contribution < 1.29 is 23.8 Å². The van der Waals surface area contributed by atoms with Gasteiger partial charge in [0.15, 0.2) is 5.76 Å². The van der Waals surface area contributed by atoms with Crippen molar-refractivity contribution in [3.8, 4) is 5.75 Å². The fourth-order valence-electron chi connectivity index (χ4n) is 2.12. The number of nitrogens with one attached hydrogen (secondary N) is 1. The zero-order chi connectivity index (χ0) is 16.8. The highest BCUT2D eigenvalue weighted by Crippen LogP contribution is 2.17. The lowest BCUT2D eigenvalue weighted by atomic mass is 10.2. The molecule has 0 atom stereocenters. The molecule has 2 rings (SSSR count). The molecule has 0 spiro atoms. The first kappa shape index (κ1) is 16.6. The van der Waals surface area contributed by atoms with E-state index in [4.69, 9.17) is 14.3 Å². The smallest absolute Gasteiger partial charge is 0.339 e. The Kier molecular flexibility index (Phi) is 5.41. The largest absolute Gasteiger partial charge is 0.494 e. The lowest BCUT2D eigenvalue weighted by Gasteiger charge is -2.06. The number of benzene rings is 1. The molecule has 0 unspecified atom stereocenters. The molecule has 0 saturated heterocycles. The Morgan fingerprint density at radius 1 is 1.22 bits per heavy atom. The number of rotatable bonds is 7. The first-order valence-electron chi connectivity index (χ1n) is 7.41. The third kappa shape index (κ3) is 4.12. The molecule has 0 radical (unpaired) electrons. The topological polar surface area (TPSA) is 88.8 Å². The van der Waals surface area contributed by atoms with E-state index in [1.165, 1.54) is 6.07 Å². The molecule has 122 valence electrons. The van der Waals surface area contributed by atoms with E-state index in [-0.39, 0.29) is 11.3 Å². The van der Waals surface area contributed by atoms with Crippen LogP contribution >= 0.6 is 0 Å². The Morgan fingerprint density at radius 2 is 1.91 bits per heavy atom. The molecule has 1 amide bonds. The molecule has 0 bridgehead atoms. The second-order valence-corrected chi connectivity index (χ2v) is 4.87. The van der Waals surface area contributed by atoms with Gasteiger partial charge in [-0.1, -0.05) is 19.1 Å². The van der Waals surface area contributed by atoms with Gasteiger partial charge in [-0.15, -0.1) is 0 Å². The molecular formula is C17H19NO5. The maximum absolute atomic E-state index is 12.1. The summed E-state index contributed by atoms with van der Waals surface area (Å²) >= 11 is 0. The summed E-state index contributed by atoms with van der Waals surface area (Å²) in [5.74, 6) is -0.474. The number of carboxylic acid groups (broad SMARTS) is 1. The minimum absolute atomic E-state index is 0.00480. The third-order valence-corrected chi connectivity index (χ3v) is 3.27. The second-order valence-electron chi connectivity index (χ2n) is 4.87. The summed E-state index contributed by atoms with van der Waals surface area (Å²) in [5.41, 5.74) is 0.932. The average molecular weight is 317 g/mol. The van der Waals surface area contributed by atoms with Gasteiger partial charge < -0.3 is 19.6 Å². The molecule has 1 heterocycles. The van der Waals surface area contributed by atoms with E-state index in [0.717, 1.165) is 11.3 Å². The number of amides is 1. The summed E-state index contributed by atoms with van der Waals surface area (Å²) in [4.78, 5) is 23.1. The van der Waals surface area contributed by atoms with E-state index in [2.05, 4.69) is 5.32 Å². The highest BCUT2D eigenvalue weighted by atomic mass is 16.5. The van der Waals surface area contributed by atoms with Crippen molar-refractivity contribution in [1.29, 1.82) is 0 Å². The SMILES string of the molecule is CCOc1ccc(CNC(=O)c2cc(C(=O)O)c(CC)o2)cc1. The van der Waals surface area contributed by atoms with Crippen LogP contribution in [-0.4, -0.2) is 23.6 Å². The molecule has 6 nitrogen and oxygen atoms in total. The molecule has 23 heavy (non-hydrogen) atoms. The summed E-state index contributed by atoms with van der Waals surface area (Å²) in [7, 11) is 0. The molecule has 1 aromatic heterocycles. The molecule has 0 fully saturated rings. The van der Waals surface area contributed by atoms with Crippen LogP contribution in [0, 0.1) is 0 Å². The van der Waals surface area contributed by atoms with Crippen LogP contribution in [0.1, 0.15) is 46.1 Å². The fourth-order valence-corrected chi connectivity index (χ4v) is 2.12. The normalized spacial score (nSPS) is 10.3. The van der Waals surface area contributed by atoms with Crippen LogP contribution < -0.4 is 10.1 Å². The first-order chi connectivity index (χ1) is 11.0. The van der Waals surface area contributed by atoms with E-state index in [9.17, 15) is 9.59 Å². The van der Waals surface area contributed by atoms with Crippen LogP contribution in [-0.2, 0) is 13.0 Å². The minimum Gasteiger partial charge on any atom is -0.494 e. The number of carbonyl (C=O) groups is 2. The summed E-state index contributed by atoms with van der Waals surface area (Å²) in [6, 6.07) is 8.63. The second kappa shape index (κ2) is 7.49. The van der Waals surface area contributed by atoms with Gasteiger partial charge >= 0.3 is 5.97 Å². The van der Waals surface area contributed by atoms with Gasteiger partial charge in [-0.2, -0.15) is 0 Å². The number of ether oxygens (including phenoxy) is 1. The maximum atomic E-state index is 12.1. The maximum Gasteiger partial charge on any atom is 0.339 e. The van der Waals surface area contributed by atoms with E-state index in [0.29, 0.717) is 25.3 Å². The third-order valence-electron chi connectivity index (χ3n) is 3.27. The van der Waals surface area contributed by atoms with Crippen molar-refractivity contribution in [3.63, 3.8) is 0 Å². The molecule has 6 heteroatoms. The Morgan fingerprint density at radius 3 is 2.43 bits per heavy atom. The minimum atomic E-state index is -1.10. The number of aromatic carboxylic acids is 1. The van der Waals surface area contributed by atoms with Crippen LogP contribution in [0.3, 0.4) is 0 Å². The number of aryl methyl sites for hydroxylation is 1. The fraction of sp³-hybridized carbons (Fsp3) is 0.294. The van der Waals surface area contributed by atoms with Crippen LogP contribution in [0.5, 0.6) is 5.75 Å². The van der Waals surface area contributed by atoms with Gasteiger partial charge in [-0.05, 0) is 24.6 Å². The predicted molar refractivity (Wildman–Crippen MR) is 83.8 cm³/mol. The number of hydrogen-bond acceptors (Lipinski definition) is 4. The highest BCUT2D eigenvalue weighted by Gasteiger charge is 2.19. The predicted octanol–water partition coefficient (Wildman–Crippen LogP) is 2.87. The van der Waals surface area contributed by atoms with Crippen molar-refractivity contribution >= 4 is 11.9 Å². The number of carboxylic acids is 1. The summed E-state index contributed by atoms with van der Waals surface area (Å²) in [6.45, 7) is 4.59. The van der Waals surface area contributed by atoms with Crippen LogP contribution in [0.25, 0.3) is 0 Å². The Labute approximate surface area is 134 Å². The van der Waals surface area contributed by atoms with Gasteiger partial charge in [0.25, 0.3) is 5.91 Å². The molecule has 2 aromatic rings. The summed E-state index contributed by atoms with van der Waals surface area (Å²) in [6.07, 6.45) is 0.411. The summed E-state index contributed by atoms with van der Waals surface area (Å²) < 4.78 is 10.7. The zero-order valence-corrected chi connectivity index (χ0v) is 13.1. The van der Waals surface area contributed by atoms with Gasteiger partial charge in [0, 0.05) is 19.0 Å². The summed E-state index contributed by atoms with van der Waals surface area (Å²) in [5, 5.41) is 11.8. The molecule has 2 N–H and O–H groups in total. The van der Waals surface area contributed by atoms with Crippen molar-refractivity contribution in [2.45, 2.75) is 26.8 Å². The molecular weight excluding hydrogens is 298 g/mol. The van der Waals surface area contributed by atoms with E-state index in [1.807, 2.05) is 31.2 Å². The van der Waals surface area contributed by atoms with Crippen LogP contribution in [0.15, 0.2) is 34.7 Å². The first-order valence-corrected chi connectivity index (χ1v) is 7.41. The van der Waals surface area contributed by atoms with Crippen LogP contribution in [0.4, 0.5) is 0 Å². The lowest BCUT2D eigenvalue weighted by molar-refractivity contribution is 0.0694. The number of hydrogen-bond donors (Lipinski definition) is 2. The van der Waals surface area contributed by atoms with Gasteiger partial charge in [0.2, 0.25) is 0 Å². The van der Waals surface area contributed by atoms with Gasteiger partial charge in [-0.3, -0.25) is 4.79 Å². The van der Waals surface area contributed by atoms with Gasteiger partial charge in [0.1, 0.15) is 17.1 Å². The molecule has 0 aliphatic carbocycles. The lowest BCUT2D eigenvalue weighted by Crippen LogP contribution is -2.22. The standard InChI is InChI=1S/C17H19NO5/c1-3-14-13(17(20)21)9-15(23-14)16(19)18-10-11-5-7-12(8-6-11)22-4-2/h5-9H,3-4,10H2,1-2H3,(H,18,19)(H,20,21). The zero-order valence-electron chi connectivity index (χ0n) is 13.1. The van der Waals surface area contributed by atoms with Crippen LogP contribution in [0.2, 0.25) is 0 Å². The number of furan rings is 1. The average Bonchev–Trinajstić information content (AvgIpc) is 2.99. The molecule has 1 aromatic carbocycles. The monoisotopic (exact) mass is 317 g/mol. The Hall–Kier alpha value is -2.76.